The molecule has 0 saturated carbocycles. The van der Waals surface area contributed by atoms with Gasteiger partial charge in [-0.05, 0) is 30.7 Å². The lowest BCUT2D eigenvalue weighted by molar-refractivity contribution is -0.222. The van der Waals surface area contributed by atoms with Crippen LogP contribution in [0.3, 0.4) is 0 Å². The molecule has 0 atom stereocenters. The van der Waals surface area contributed by atoms with Crippen molar-refractivity contribution in [3.8, 4) is 11.5 Å². The van der Waals surface area contributed by atoms with Gasteiger partial charge in [0, 0.05) is 20.0 Å². The number of aryl methyl sites for hydroxylation is 1. The predicted molar refractivity (Wildman–Crippen MR) is 95.7 cm³/mol. The standard InChI is InChI=1S/C20H19NO5/c1-13-8-7-11-16(24-14-9-5-4-6-10-14)17(13)21-12-15-18(22)25-20(2,3)26-19(15)23/h4-12,21H,1-3H3. The number of carbonyl (C=O) groups excluding carboxylic acids is 2. The van der Waals surface area contributed by atoms with E-state index in [0.29, 0.717) is 17.2 Å². The number of rotatable bonds is 4. The van der Waals surface area contributed by atoms with Gasteiger partial charge < -0.3 is 19.5 Å². The number of nitrogens with one attached hydrogen (secondary N) is 1. The van der Waals surface area contributed by atoms with Gasteiger partial charge in [0.1, 0.15) is 5.75 Å². The van der Waals surface area contributed by atoms with E-state index in [1.807, 2.05) is 49.4 Å². The molecule has 3 rings (SSSR count). The lowest BCUT2D eigenvalue weighted by atomic mass is 10.1. The number of carbonyl (C=O) groups is 2. The van der Waals surface area contributed by atoms with Gasteiger partial charge in [0.25, 0.3) is 5.79 Å². The molecule has 0 radical (unpaired) electrons. The monoisotopic (exact) mass is 353 g/mol. The van der Waals surface area contributed by atoms with Crippen LogP contribution in [-0.4, -0.2) is 17.7 Å². The Hall–Kier alpha value is -3.28. The lowest BCUT2D eigenvalue weighted by Crippen LogP contribution is -2.42. The molecule has 2 aromatic rings. The van der Waals surface area contributed by atoms with Crippen molar-refractivity contribution in [2.45, 2.75) is 26.6 Å². The number of esters is 2. The second kappa shape index (κ2) is 6.92. The maximum absolute atomic E-state index is 12.0. The number of hydrogen-bond acceptors (Lipinski definition) is 6. The fraction of sp³-hybridized carbons (Fsp3) is 0.200. The number of benzene rings is 2. The third-order valence-corrected chi connectivity index (χ3v) is 3.68. The first-order chi connectivity index (χ1) is 12.4. The van der Waals surface area contributed by atoms with E-state index in [4.69, 9.17) is 14.2 Å². The van der Waals surface area contributed by atoms with E-state index in [-0.39, 0.29) is 5.57 Å². The topological polar surface area (TPSA) is 73.9 Å². The average molecular weight is 353 g/mol. The van der Waals surface area contributed by atoms with Crippen molar-refractivity contribution in [1.29, 1.82) is 0 Å². The summed E-state index contributed by atoms with van der Waals surface area (Å²) in [5.74, 6) is -1.51. The minimum atomic E-state index is -1.27. The second-order valence-corrected chi connectivity index (χ2v) is 6.24. The molecule has 1 aliphatic heterocycles. The number of anilines is 1. The van der Waals surface area contributed by atoms with Crippen LogP contribution >= 0.6 is 0 Å². The van der Waals surface area contributed by atoms with Crippen LogP contribution in [-0.2, 0) is 19.1 Å². The zero-order chi connectivity index (χ0) is 18.7. The number of cyclic esters (lactones) is 2. The summed E-state index contributed by atoms with van der Waals surface area (Å²) in [6, 6.07) is 14.9. The molecule has 0 aromatic heterocycles. The fourth-order valence-corrected chi connectivity index (χ4v) is 2.45. The highest BCUT2D eigenvalue weighted by Crippen LogP contribution is 2.32. The van der Waals surface area contributed by atoms with Gasteiger partial charge in [-0.25, -0.2) is 9.59 Å². The van der Waals surface area contributed by atoms with Crippen LogP contribution in [0.4, 0.5) is 5.69 Å². The molecule has 134 valence electrons. The largest absolute Gasteiger partial charge is 0.455 e. The van der Waals surface area contributed by atoms with Crippen molar-refractivity contribution in [2.24, 2.45) is 0 Å². The molecule has 2 aromatic carbocycles. The lowest BCUT2D eigenvalue weighted by Gasteiger charge is -2.29. The van der Waals surface area contributed by atoms with Crippen LogP contribution in [0.25, 0.3) is 0 Å². The normalized spacial score (nSPS) is 15.7. The smallest absolute Gasteiger partial charge is 0.350 e. The SMILES string of the molecule is Cc1cccc(Oc2ccccc2)c1NC=C1C(=O)OC(C)(C)OC1=O. The summed E-state index contributed by atoms with van der Waals surface area (Å²) in [6.07, 6.45) is 1.28. The quantitative estimate of drug-likeness (QED) is 0.510. The summed E-state index contributed by atoms with van der Waals surface area (Å²) >= 11 is 0. The molecule has 1 heterocycles. The molecule has 1 fully saturated rings. The van der Waals surface area contributed by atoms with Crippen LogP contribution in [0, 0.1) is 6.92 Å². The van der Waals surface area contributed by atoms with Crippen LogP contribution < -0.4 is 10.1 Å². The van der Waals surface area contributed by atoms with E-state index in [1.54, 1.807) is 6.07 Å². The van der Waals surface area contributed by atoms with Crippen molar-refractivity contribution in [2.75, 3.05) is 5.32 Å². The first-order valence-corrected chi connectivity index (χ1v) is 8.12. The van der Waals surface area contributed by atoms with Gasteiger partial charge in [-0.3, -0.25) is 0 Å². The molecule has 0 aliphatic carbocycles. The molecular formula is C20H19NO5. The van der Waals surface area contributed by atoms with E-state index in [9.17, 15) is 9.59 Å². The van der Waals surface area contributed by atoms with Crippen LogP contribution in [0.2, 0.25) is 0 Å². The second-order valence-electron chi connectivity index (χ2n) is 6.24. The van der Waals surface area contributed by atoms with Crippen LogP contribution in [0.5, 0.6) is 11.5 Å². The van der Waals surface area contributed by atoms with Crippen LogP contribution in [0.1, 0.15) is 19.4 Å². The zero-order valence-corrected chi connectivity index (χ0v) is 14.7. The summed E-state index contributed by atoms with van der Waals surface area (Å²) in [7, 11) is 0. The summed E-state index contributed by atoms with van der Waals surface area (Å²) in [5, 5.41) is 2.97. The maximum atomic E-state index is 12.0. The van der Waals surface area contributed by atoms with E-state index >= 15 is 0 Å². The Bertz CT molecular complexity index is 849. The van der Waals surface area contributed by atoms with Crippen molar-refractivity contribution in [3.05, 3.63) is 65.9 Å². The predicted octanol–water partition coefficient (Wildman–Crippen LogP) is 3.92. The van der Waals surface area contributed by atoms with E-state index in [0.717, 1.165) is 5.56 Å². The number of para-hydroxylation sites is 2. The van der Waals surface area contributed by atoms with Gasteiger partial charge in [0.05, 0.1) is 5.69 Å². The summed E-state index contributed by atoms with van der Waals surface area (Å²) in [6.45, 7) is 4.89. The highest BCUT2D eigenvalue weighted by atomic mass is 16.7. The first kappa shape index (κ1) is 17.5. The van der Waals surface area contributed by atoms with E-state index in [2.05, 4.69) is 5.32 Å². The van der Waals surface area contributed by atoms with Crippen molar-refractivity contribution in [1.82, 2.24) is 0 Å². The van der Waals surface area contributed by atoms with Gasteiger partial charge in [0.2, 0.25) is 0 Å². The Labute approximate surface area is 151 Å². The van der Waals surface area contributed by atoms with Gasteiger partial charge in [-0.1, -0.05) is 30.3 Å². The van der Waals surface area contributed by atoms with Crippen molar-refractivity contribution >= 4 is 17.6 Å². The van der Waals surface area contributed by atoms with Gasteiger partial charge >= 0.3 is 11.9 Å². The Morgan fingerprint density at radius 3 is 2.27 bits per heavy atom. The van der Waals surface area contributed by atoms with E-state index < -0.39 is 17.7 Å². The van der Waals surface area contributed by atoms with Crippen molar-refractivity contribution in [3.63, 3.8) is 0 Å². The minimum Gasteiger partial charge on any atom is -0.455 e. The Morgan fingerprint density at radius 1 is 0.962 bits per heavy atom. The average Bonchev–Trinajstić information content (AvgIpc) is 2.56. The molecular weight excluding hydrogens is 334 g/mol. The molecule has 1 N–H and O–H groups in total. The molecule has 0 amide bonds. The third kappa shape index (κ3) is 3.85. The minimum absolute atomic E-state index is 0.210. The molecule has 1 saturated heterocycles. The molecule has 26 heavy (non-hydrogen) atoms. The molecule has 0 bridgehead atoms. The fourth-order valence-electron chi connectivity index (χ4n) is 2.45. The summed E-state index contributed by atoms with van der Waals surface area (Å²) in [5.41, 5.74) is 1.31. The maximum Gasteiger partial charge on any atom is 0.350 e. The molecule has 6 heteroatoms. The first-order valence-electron chi connectivity index (χ1n) is 8.12. The van der Waals surface area contributed by atoms with E-state index in [1.165, 1.54) is 20.0 Å². The van der Waals surface area contributed by atoms with Gasteiger partial charge in [0.15, 0.2) is 11.3 Å². The molecule has 1 aliphatic rings. The summed E-state index contributed by atoms with van der Waals surface area (Å²) in [4.78, 5) is 24.1. The Morgan fingerprint density at radius 2 is 1.62 bits per heavy atom. The van der Waals surface area contributed by atoms with Crippen molar-refractivity contribution < 1.29 is 23.8 Å². The Balaban J connectivity index is 1.86. The zero-order valence-electron chi connectivity index (χ0n) is 14.7. The molecule has 0 unspecified atom stereocenters. The van der Waals surface area contributed by atoms with Crippen LogP contribution in [0.15, 0.2) is 60.3 Å². The molecule has 0 spiro atoms. The van der Waals surface area contributed by atoms with Gasteiger partial charge in [-0.2, -0.15) is 0 Å². The third-order valence-electron chi connectivity index (χ3n) is 3.68. The highest BCUT2D eigenvalue weighted by molar-refractivity contribution is 6.15. The highest BCUT2D eigenvalue weighted by Gasteiger charge is 2.39. The Kier molecular flexibility index (Phi) is 4.67. The summed E-state index contributed by atoms with van der Waals surface area (Å²) < 4.78 is 16.1. The van der Waals surface area contributed by atoms with Gasteiger partial charge in [-0.15, -0.1) is 0 Å². The number of ether oxygens (including phenoxy) is 3. The number of hydrogen-bond donors (Lipinski definition) is 1. The molecule has 6 nitrogen and oxygen atoms in total.